The second kappa shape index (κ2) is 6.03. The number of nitrogens with zero attached hydrogens (tertiary/aromatic N) is 6. The minimum absolute atomic E-state index is 0.464. The van der Waals surface area contributed by atoms with E-state index in [9.17, 15) is 0 Å². The lowest BCUT2D eigenvalue weighted by atomic mass is 10.0. The SMILES string of the molecule is Cc1nc(C)n(C[C@@H]2CCCCN2Cc2noc(C3CC3)n2)n1. The fraction of sp³-hybridized carbons (Fsp3) is 0.750. The quantitative estimate of drug-likeness (QED) is 0.842. The first-order valence-electron chi connectivity index (χ1n) is 8.63. The van der Waals surface area contributed by atoms with Gasteiger partial charge in [0, 0.05) is 12.0 Å². The van der Waals surface area contributed by atoms with Crippen LogP contribution in [0.3, 0.4) is 0 Å². The molecule has 1 saturated carbocycles. The van der Waals surface area contributed by atoms with Crippen LogP contribution in [0.2, 0.25) is 0 Å². The molecule has 1 aliphatic carbocycles. The van der Waals surface area contributed by atoms with Crippen LogP contribution < -0.4 is 0 Å². The van der Waals surface area contributed by atoms with Crippen LogP contribution in [-0.2, 0) is 13.1 Å². The van der Waals surface area contributed by atoms with Gasteiger partial charge in [0.1, 0.15) is 11.6 Å². The van der Waals surface area contributed by atoms with Crippen molar-refractivity contribution >= 4 is 0 Å². The molecular formula is C16H24N6O. The van der Waals surface area contributed by atoms with Crippen molar-refractivity contribution in [3.8, 4) is 0 Å². The lowest BCUT2D eigenvalue weighted by Crippen LogP contribution is -2.42. The highest BCUT2D eigenvalue weighted by Gasteiger charge is 2.31. The molecule has 0 bridgehead atoms. The van der Waals surface area contributed by atoms with E-state index in [0.717, 1.165) is 43.0 Å². The summed E-state index contributed by atoms with van der Waals surface area (Å²) in [4.78, 5) is 11.5. The normalized spacial score (nSPS) is 22.6. The number of rotatable bonds is 5. The molecule has 3 heterocycles. The molecule has 2 fully saturated rings. The fourth-order valence-electron chi connectivity index (χ4n) is 3.42. The van der Waals surface area contributed by atoms with Gasteiger partial charge in [0.15, 0.2) is 5.82 Å². The van der Waals surface area contributed by atoms with Crippen LogP contribution in [0.25, 0.3) is 0 Å². The van der Waals surface area contributed by atoms with Gasteiger partial charge in [-0.25, -0.2) is 9.67 Å². The molecule has 4 rings (SSSR count). The number of aromatic nitrogens is 5. The highest BCUT2D eigenvalue weighted by atomic mass is 16.5. The Hall–Kier alpha value is -1.76. The Morgan fingerprint density at radius 2 is 2.00 bits per heavy atom. The van der Waals surface area contributed by atoms with Crippen molar-refractivity contribution in [1.82, 2.24) is 29.8 Å². The van der Waals surface area contributed by atoms with Crippen LogP contribution in [0.5, 0.6) is 0 Å². The van der Waals surface area contributed by atoms with Crippen molar-refractivity contribution in [1.29, 1.82) is 0 Å². The lowest BCUT2D eigenvalue weighted by Gasteiger charge is -2.34. The molecule has 124 valence electrons. The molecule has 2 aromatic rings. The zero-order chi connectivity index (χ0) is 15.8. The van der Waals surface area contributed by atoms with Crippen molar-refractivity contribution in [2.24, 2.45) is 0 Å². The van der Waals surface area contributed by atoms with Crippen LogP contribution >= 0.6 is 0 Å². The summed E-state index contributed by atoms with van der Waals surface area (Å²) in [5.74, 6) is 4.01. The first kappa shape index (κ1) is 14.8. The minimum Gasteiger partial charge on any atom is -0.339 e. The Morgan fingerprint density at radius 1 is 1.13 bits per heavy atom. The topological polar surface area (TPSA) is 72.9 Å². The third kappa shape index (κ3) is 3.29. The molecule has 0 radical (unpaired) electrons. The summed E-state index contributed by atoms with van der Waals surface area (Å²) >= 11 is 0. The molecule has 0 amide bonds. The number of likely N-dealkylation sites (tertiary alicyclic amines) is 1. The third-order valence-corrected chi connectivity index (χ3v) is 4.85. The molecule has 1 saturated heterocycles. The van der Waals surface area contributed by atoms with Crippen LogP contribution in [0, 0.1) is 13.8 Å². The highest BCUT2D eigenvalue weighted by molar-refractivity contribution is 5.02. The Labute approximate surface area is 136 Å². The first-order chi connectivity index (χ1) is 11.2. The molecule has 23 heavy (non-hydrogen) atoms. The van der Waals surface area contributed by atoms with Gasteiger partial charge in [-0.15, -0.1) is 0 Å². The second-order valence-electron chi connectivity index (χ2n) is 6.83. The number of piperidine rings is 1. The Morgan fingerprint density at radius 3 is 2.74 bits per heavy atom. The summed E-state index contributed by atoms with van der Waals surface area (Å²) in [5, 5.41) is 8.68. The van der Waals surface area contributed by atoms with E-state index in [2.05, 4.69) is 25.1 Å². The maximum absolute atomic E-state index is 5.39. The number of hydrogen-bond donors (Lipinski definition) is 0. The van der Waals surface area contributed by atoms with E-state index < -0.39 is 0 Å². The zero-order valence-corrected chi connectivity index (χ0v) is 13.9. The van der Waals surface area contributed by atoms with Crippen LogP contribution in [0.4, 0.5) is 0 Å². The van der Waals surface area contributed by atoms with Crippen molar-refractivity contribution in [3.05, 3.63) is 23.4 Å². The molecule has 2 aromatic heterocycles. The van der Waals surface area contributed by atoms with Crippen LogP contribution in [-0.4, -0.2) is 42.4 Å². The molecule has 1 aliphatic heterocycles. The largest absolute Gasteiger partial charge is 0.339 e. The van der Waals surface area contributed by atoms with E-state index in [-0.39, 0.29) is 0 Å². The minimum atomic E-state index is 0.464. The smallest absolute Gasteiger partial charge is 0.229 e. The van der Waals surface area contributed by atoms with Crippen molar-refractivity contribution in [3.63, 3.8) is 0 Å². The molecule has 0 aromatic carbocycles. The molecule has 1 atom stereocenters. The molecule has 0 N–H and O–H groups in total. The zero-order valence-electron chi connectivity index (χ0n) is 13.9. The van der Waals surface area contributed by atoms with Gasteiger partial charge in [0.2, 0.25) is 5.89 Å². The van der Waals surface area contributed by atoms with Gasteiger partial charge in [-0.05, 0) is 46.1 Å². The van der Waals surface area contributed by atoms with Gasteiger partial charge < -0.3 is 4.52 Å². The summed E-state index contributed by atoms with van der Waals surface area (Å²) in [6, 6.07) is 0.464. The van der Waals surface area contributed by atoms with E-state index in [0.29, 0.717) is 12.0 Å². The van der Waals surface area contributed by atoms with E-state index in [4.69, 9.17) is 4.52 Å². The standard InChI is InChI=1S/C16H24N6O/c1-11-17-12(2)22(19-11)9-14-5-3-4-8-21(14)10-15-18-16(23-20-15)13-6-7-13/h13-14H,3-10H2,1-2H3/t14-/m0/s1. The predicted octanol–water partition coefficient (Wildman–Crippen LogP) is 2.21. The maximum Gasteiger partial charge on any atom is 0.229 e. The first-order valence-corrected chi connectivity index (χ1v) is 8.63. The average Bonchev–Trinajstić information content (AvgIpc) is 3.20. The second-order valence-corrected chi connectivity index (χ2v) is 6.83. The predicted molar refractivity (Wildman–Crippen MR) is 83.8 cm³/mol. The van der Waals surface area contributed by atoms with Gasteiger partial charge in [-0.2, -0.15) is 10.1 Å². The van der Waals surface area contributed by atoms with Crippen molar-refractivity contribution in [2.45, 2.75) is 71.0 Å². The average molecular weight is 316 g/mol. The third-order valence-electron chi connectivity index (χ3n) is 4.85. The Bertz CT molecular complexity index is 674. The van der Waals surface area contributed by atoms with Crippen LogP contribution in [0.1, 0.15) is 61.4 Å². The summed E-state index contributed by atoms with van der Waals surface area (Å²) in [7, 11) is 0. The van der Waals surface area contributed by atoms with Gasteiger partial charge in [-0.1, -0.05) is 11.6 Å². The van der Waals surface area contributed by atoms with E-state index >= 15 is 0 Å². The lowest BCUT2D eigenvalue weighted by molar-refractivity contribution is 0.117. The molecule has 7 heteroatoms. The maximum atomic E-state index is 5.39. The Balaban J connectivity index is 1.44. The molecule has 2 aliphatic rings. The number of aryl methyl sites for hydroxylation is 2. The monoisotopic (exact) mass is 316 g/mol. The molecular weight excluding hydrogens is 292 g/mol. The van der Waals surface area contributed by atoms with Gasteiger partial charge in [-0.3, -0.25) is 4.90 Å². The van der Waals surface area contributed by atoms with Crippen molar-refractivity contribution in [2.75, 3.05) is 6.54 Å². The van der Waals surface area contributed by atoms with Gasteiger partial charge in [0.05, 0.1) is 13.1 Å². The van der Waals surface area contributed by atoms with E-state index in [1.54, 1.807) is 0 Å². The highest BCUT2D eigenvalue weighted by Crippen LogP contribution is 2.38. The Kier molecular flexibility index (Phi) is 3.88. The van der Waals surface area contributed by atoms with E-state index in [1.807, 2.05) is 18.5 Å². The summed E-state index contributed by atoms with van der Waals surface area (Å²) in [6.07, 6.45) is 6.08. The molecule has 7 nitrogen and oxygen atoms in total. The van der Waals surface area contributed by atoms with Gasteiger partial charge in [0.25, 0.3) is 0 Å². The molecule has 0 spiro atoms. The summed E-state index contributed by atoms with van der Waals surface area (Å²) < 4.78 is 7.42. The number of hydrogen-bond acceptors (Lipinski definition) is 6. The van der Waals surface area contributed by atoms with Crippen LogP contribution in [0.15, 0.2) is 4.52 Å². The van der Waals surface area contributed by atoms with Crippen molar-refractivity contribution < 1.29 is 4.52 Å². The van der Waals surface area contributed by atoms with E-state index in [1.165, 1.54) is 32.1 Å². The van der Waals surface area contributed by atoms with Gasteiger partial charge >= 0.3 is 0 Å². The summed E-state index contributed by atoms with van der Waals surface area (Å²) in [6.45, 7) is 6.72. The fourth-order valence-corrected chi connectivity index (χ4v) is 3.42. The summed E-state index contributed by atoms with van der Waals surface area (Å²) in [5.41, 5.74) is 0. The molecule has 0 unspecified atom stereocenters.